The minimum atomic E-state index is -0.777. The van der Waals surface area contributed by atoms with Crippen LogP contribution in [0.15, 0.2) is 30.3 Å². The summed E-state index contributed by atoms with van der Waals surface area (Å²) in [4.78, 5) is 25.2. The smallest absolute Gasteiger partial charge is 0.341 e. The van der Waals surface area contributed by atoms with Crippen molar-refractivity contribution in [3.8, 4) is 5.75 Å². The second-order valence-corrected chi connectivity index (χ2v) is 9.82. The van der Waals surface area contributed by atoms with Crippen LogP contribution in [0.25, 0.3) is 0 Å². The van der Waals surface area contributed by atoms with Crippen molar-refractivity contribution in [2.75, 3.05) is 25.8 Å². The summed E-state index contributed by atoms with van der Waals surface area (Å²) in [6.45, 7) is 14.1. The van der Waals surface area contributed by atoms with E-state index in [0.717, 1.165) is 17.2 Å². The SMILES string of the molecule is CCOC(=O)c1ccc(NC(=O)c2cc(C(C)(C)C)cc(C(C)(C)C)c2OCOC)cc1F. The van der Waals surface area contributed by atoms with Gasteiger partial charge in [-0.25, -0.2) is 9.18 Å². The molecule has 2 aromatic carbocycles. The molecule has 0 radical (unpaired) electrons. The van der Waals surface area contributed by atoms with Gasteiger partial charge in [0.1, 0.15) is 11.6 Å². The lowest BCUT2D eigenvalue weighted by molar-refractivity contribution is 0.0489. The molecule has 0 aliphatic heterocycles. The van der Waals surface area contributed by atoms with Crippen LogP contribution in [0.3, 0.4) is 0 Å². The van der Waals surface area contributed by atoms with Gasteiger partial charge in [0.2, 0.25) is 0 Å². The van der Waals surface area contributed by atoms with Gasteiger partial charge in [-0.15, -0.1) is 0 Å². The van der Waals surface area contributed by atoms with E-state index < -0.39 is 17.7 Å². The highest BCUT2D eigenvalue weighted by molar-refractivity contribution is 6.07. The van der Waals surface area contributed by atoms with Gasteiger partial charge in [-0.05, 0) is 47.6 Å². The third-order valence-corrected chi connectivity index (χ3v) is 5.05. The Labute approximate surface area is 195 Å². The lowest BCUT2D eigenvalue weighted by Crippen LogP contribution is -2.23. The molecule has 0 bridgehead atoms. The molecule has 0 aliphatic rings. The number of carbonyl (C=O) groups excluding carboxylic acids is 2. The van der Waals surface area contributed by atoms with Crippen LogP contribution in [0.1, 0.15) is 80.3 Å². The van der Waals surface area contributed by atoms with E-state index in [9.17, 15) is 14.0 Å². The van der Waals surface area contributed by atoms with Crippen molar-refractivity contribution < 1.29 is 28.2 Å². The molecule has 0 saturated carbocycles. The van der Waals surface area contributed by atoms with Crippen LogP contribution >= 0.6 is 0 Å². The average Bonchev–Trinajstić information content (AvgIpc) is 2.70. The molecule has 1 amide bonds. The van der Waals surface area contributed by atoms with E-state index in [4.69, 9.17) is 14.2 Å². The second kappa shape index (κ2) is 10.3. The molecule has 6 nitrogen and oxygen atoms in total. The van der Waals surface area contributed by atoms with Crippen LogP contribution < -0.4 is 10.1 Å². The number of anilines is 1. The van der Waals surface area contributed by atoms with E-state index in [-0.39, 0.29) is 35.5 Å². The monoisotopic (exact) mass is 459 g/mol. The first-order chi connectivity index (χ1) is 15.3. The summed E-state index contributed by atoms with van der Waals surface area (Å²) in [7, 11) is 1.51. The first-order valence-corrected chi connectivity index (χ1v) is 10.9. The number of nitrogens with one attached hydrogen (secondary N) is 1. The highest BCUT2D eigenvalue weighted by atomic mass is 19.1. The fourth-order valence-corrected chi connectivity index (χ4v) is 3.23. The zero-order chi connectivity index (χ0) is 25.0. The van der Waals surface area contributed by atoms with Gasteiger partial charge in [-0.3, -0.25) is 4.79 Å². The maximum absolute atomic E-state index is 14.5. The predicted molar refractivity (Wildman–Crippen MR) is 127 cm³/mol. The molecule has 2 aromatic rings. The molecule has 0 aromatic heterocycles. The summed E-state index contributed by atoms with van der Waals surface area (Å²) in [5, 5.41) is 2.72. The van der Waals surface area contributed by atoms with Crippen LogP contribution in [0, 0.1) is 5.82 Å². The fraction of sp³-hybridized carbons (Fsp3) is 0.462. The summed E-state index contributed by atoms with van der Waals surface area (Å²) in [6, 6.07) is 7.69. The molecular formula is C26H34FNO5. The van der Waals surface area contributed by atoms with Gasteiger partial charge in [0.15, 0.2) is 6.79 Å². The maximum Gasteiger partial charge on any atom is 0.341 e. The van der Waals surface area contributed by atoms with Gasteiger partial charge < -0.3 is 19.5 Å². The maximum atomic E-state index is 14.5. The Kier molecular flexibility index (Phi) is 8.25. The number of methoxy groups -OCH3 is 1. The lowest BCUT2D eigenvalue weighted by atomic mass is 9.78. The van der Waals surface area contributed by atoms with Crippen molar-refractivity contribution in [1.29, 1.82) is 0 Å². The van der Waals surface area contributed by atoms with Gasteiger partial charge in [0.05, 0.1) is 17.7 Å². The van der Waals surface area contributed by atoms with Gasteiger partial charge in [0.25, 0.3) is 5.91 Å². The van der Waals surface area contributed by atoms with Crippen molar-refractivity contribution >= 4 is 17.6 Å². The van der Waals surface area contributed by atoms with Gasteiger partial charge in [-0.1, -0.05) is 47.6 Å². The number of benzene rings is 2. The first-order valence-electron chi connectivity index (χ1n) is 10.9. The summed E-state index contributed by atoms with van der Waals surface area (Å²) in [5.41, 5.74) is 1.63. The number of amides is 1. The molecule has 1 N–H and O–H groups in total. The summed E-state index contributed by atoms with van der Waals surface area (Å²) < 4.78 is 30.3. The van der Waals surface area contributed by atoms with E-state index in [0.29, 0.717) is 11.3 Å². The zero-order valence-electron chi connectivity index (χ0n) is 20.7. The topological polar surface area (TPSA) is 73.9 Å². The van der Waals surface area contributed by atoms with Crippen LogP contribution in [-0.4, -0.2) is 32.4 Å². The van der Waals surface area contributed by atoms with Crippen molar-refractivity contribution in [3.05, 3.63) is 58.4 Å². The molecule has 2 rings (SSSR count). The fourth-order valence-electron chi connectivity index (χ4n) is 3.23. The molecule has 0 saturated heterocycles. The van der Waals surface area contributed by atoms with Crippen LogP contribution in [0.2, 0.25) is 0 Å². The molecule has 0 spiro atoms. The Bertz CT molecular complexity index is 1020. The number of ether oxygens (including phenoxy) is 3. The molecule has 33 heavy (non-hydrogen) atoms. The van der Waals surface area contributed by atoms with Crippen LogP contribution in [0.5, 0.6) is 5.75 Å². The van der Waals surface area contributed by atoms with E-state index in [2.05, 4.69) is 32.2 Å². The quantitative estimate of drug-likeness (QED) is 0.416. The number of rotatable bonds is 7. The van der Waals surface area contributed by atoms with E-state index in [1.54, 1.807) is 13.0 Å². The number of hydrogen-bond donors (Lipinski definition) is 1. The summed E-state index contributed by atoms with van der Waals surface area (Å²) in [5.74, 6) is -1.57. The number of halogens is 1. The Morgan fingerprint density at radius 3 is 2.15 bits per heavy atom. The van der Waals surface area contributed by atoms with E-state index in [1.165, 1.54) is 19.2 Å². The molecule has 0 unspecified atom stereocenters. The van der Waals surface area contributed by atoms with Crippen molar-refractivity contribution in [1.82, 2.24) is 0 Å². The van der Waals surface area contributed by atoms with Gasteiger partial charge in [0, 0.05) is 18.4 Å². The third kappa shape index (κ3) is 6.54. The van der Waals surface area contributed by atoms with E-state index >= 15 is 0 Å². The minimum Gasteiger partial charge on any atom is -0.466 e. The average molecular weight is 460 g/mol. The zero-order valence-corrected chi connectivity index (χ0v) is 20.7. The summed E-state index contributed by atoms with van der Waals surface area (Å²) >= 11 is 0. The van der Waals surface area contributed by atoms with Crippen molar-refractivity contribution in [3.63, 3.8) is 0 Å². The van der Waals surface area contributed by atoms with E-state index in [1.807, 2.05) is 20.8 Å². The number of esters is 1. The lowest BCUT2D eigenvalue weighted by Gasteiger charge is -2.29. The molecular weight excluding hydrogens is 425 g/mol. The molecule has 7 heteroatoms. The highest BCUT2D eigenvalue weighted by Crippen LogP contribution is 2.39. The molecule has 180 valence electrons. The second-order valence-electron chi connectivity index (χ2n) is 9.82. The normalized spacial score (nSPS) is 11.8. The Balaban J connectivity index is 2.54. The molecule has 0 heterocycles. The van der Waals surface area contributed by atoms with Crippen LogP contribution in [-0.2, 0) is 20.3 Å². The van der Waals surface area contributed by atoms with Gasteiger partial charge >= 0.3 is 5.97 Å². The molecule has 0 atom stereocenters. The Hall–Kier alpha value is -2.93. The molecule has 0 fully saturated rings. The van der Waals surface area contributed by atoms with Crippen molar-refractivity contribution in [2.45, 2.75) is 59.3 Å². The molecule has 0 aliphatic carbocycles. The predicted octanol–water partition coefficient (Wildman–Crippen LogP) is 5.83. The van der Waals surface area contributed by atoms with Crippen molar-refractivity contribution in [2.24, 2.45) is 0 Å². The summed E-state index contributed by atoms with van der Waals surface area (Å²) in [6.07, 6.45) is 0. The number of carbonyl (C=O) groups is 2. The number of hydrogen-bond acceptors (Lipinski definition) is 5. The minimum absolute atomic E-state index is 0.0267. The first kappa shape index (κ1) is 26.3. The largest absolute Gasteiger partial charge is 0.466 e. The van der Waals surface area contributed by atoms with Gasteiger partial charge in [-0.2, -0.15) is 0 Å². The Morgan fingerprint density at radius 2 is 1.64 bits per heavy atom. The highest BCUT2D eigenvalue weighted by Gasteiger charge is 2.28. The third-order valence-electron chi connectivity index (χ3n) is 5.05. The van der Waals surface area contributed by atoms with Crippen LogP contribution in [0.4, 0.5) is 10.1 Å². The standard InChI is InChI=1S/C26H34FNO5/c1-9-32-24(30)18-11-10-17(14-21(18)27)28-23(29)19-12-16(25(2,3)4)13-20(26(5,6)7)22(19)33-15-31-8/h10-14H,9,15H2,1-8H3,(H,28,29). The Morgan fingerprint density at radius 1 is 0.970 bits per heavy atom.